The van der Waals surface area contributed by atoms with Gasteiger partial charge >= 0.3 is 6.03 Å². The van der Waals surface area contributed by atoms with Crippen LogP contribution in [0.3, 0.4) is 0 Å². The van der Waals surface area contributed by atoms with Crippen LogP contribution in [0.4, 0.5) is 16.2 Å². The highest BCUT2D eigenvalue weighted by Crippen LogP contribution is 2.29. The number of carbonyl (C=O) groups excluding carboxylic acids is 2. The number of hydrogen-bond donors (Lipinski definition) is 2. The molecule has 2 rings (SSSR count). The molecule has 0 heterocycles. The molecule has 0 aliphatic heterocycles. The van der Waals surface area contributed by atoms with E-state index in [1.54, 1.807) is 0 Å². The van der Waals surface area contributed by atoms with E-state index in [4.69, 9.17) is 0 Å². The van der Waals surface area contributed by atoms with Crippen molar-refractivity contribution in [1.82, 2.24) is 10.2 Å². The van der Waals surface area contributed by atoms with E-state index in [2.05, 4.69) is 31.4 Å². The predicted octanol–water partition coefficient (Wildman–Crippen LogP) is 5.21. The van der Waals surface area contributed by atoms with Crippen LogP contribution in [0.25, 0.3) is 0 Å². The lowest BCUT2D eigenvalue weighted by atomic mass is 9.94. The zero-order valence-electron chi connectivity index (χ0n) is 20.3. The molecule has 0 fully saturated rings. The third-order valence-electron chi connectivity index (χ3n) is 5.81. The van der Waals surface area contributed by atoms with Crippen LogP contribution in [0.15, 0.2) is 48.5 Å². The second-order valence-electron chi connectivity index (χ2n) is 8.32. The number of hydrogen-bond acceptors (Lipinski definition) is 3. The Hall–Kier alpha value is -3.02. The van der Waals surface area contributed by atoms with Crippen molar-refractivity contribution in [2.24, 2.45) is 0 Å². The fraction of sp³-hybridized carbons (Fsp3) is 0.462. The summed E-state index contributed by atoms with van der Waals surface area (Å²) in [5.74, 6) is -0.0375. The smallest absolute Gasteiger partial charge is 0.319 e. The highest BCUT2D eigenvalue weighted by atomic mass is 16.2. The Morgan fingerprint density at radius 1 is 0.969 bits per heavy atom. The van der Waals surface area contributed by atoms with Crippen molar-refractivity contribution in [3.05, 3.63) is 59.7 Å². The van der Waals surface area contributed by atoms with E-state index in [-0.39, 0.29) is 23.9 Å². The molecule has 0 bridgehead atoms. The van der Waals surface area contributed by atoms with Gasteiger partial charge in [-0.3, -0.25) is 4.79 Å². The summed E-state index contributed by atoms with van der Waals surface area (Å²) in [7, 11) is 3.98. The number of nitrogens with zero attached hydrogens (tertiary/aromatic N) is 2. The molecular weight excluding hydrogens is 400 g/mol. The summed E-state index contributed by atoms with van der Waals surface area (Å²) in [6.07, 6.45) is 1.61. The Bertz CT molecular complexity index is 883. The molecule has 0 radical (unpaired) electrons. The van der Waals surface area contributed by atoms with Crippen LogP contribution in [0, 0.1) is 0 Å². The van der Waals surface area contributed by atoms with Crippen LogP contribution in [0.5, 0.6) is 0 Å². The molecule has 2 N–H and O–H groups in total. The summed E-state index contributed by atoms with van der Waals surface area (Å²) >= 11 is 0. The number of anilines is 2. The quantitative estimate of drug-likeness (QED) is 0.535. The number of rotatable bonds is 10. The second kappa shape index (κ2) is 12.1. The van der Waals surface area contributed by atoms with Gasteiger partial charge in [0.2, 0.25) is 5.91 Å². The number of amides is 3. The van der Waals surface area contributed by atoms with E-state index < -0.39 is 0 Å². The van der Waals surface area contributed by atoms with E-state index in [1.165, 1.54) is 0 Å². The van der Waals surface area contributed by atoms with Crippen LogP contribution in [0.2, 0.25) is 0 Å². The number of nitrogens with one attached hydrogen (secondary N) is 2. The normalized spacial score (nSPS) is 12.6. The van der Waals surface area contributed by atoms with Gasteiger partial charge in [-0.2, -0.15) is 0 Å². The van der Waals surface area contributed by atoms with Crippen molar-refractivity contribution in [2.45, 2.75) is 59.0 Å². The molecule has 0 unspecified atom stereocenters. The predicted molar refractivity (Wildman–Crippen MR) is 133 cm³/mol. The second-order valence-corrected chi connectivity index (χ2v) is 8.32. The Morgan fingerprint density at radius 3 is 2.22 bits per heavy atom. The van der Waals surface area contributed by atoms with E-state index >= 15 is 0 Å². The Kier molecular flexibility index (Phi) is 9.57. The minimum atomic E-state index is -0.235. The zero-order valence-corrected chi connectivity index (χ0v) is 20.3. The van der Waals surface area contributed by atoms with Gasteiger partial charge in [0.25, 0.3) is 0 Å². The van der Waals surface area contributed by atoms with Crippen molar-refractivity contribution < 1.29 is 9.59 Å². The van der Waals surface area contributed by atoms with Crippen LogP contribution in [-0.2, 0) is 11.3 Å². The lowest BCUT2D eigenvalue weighted by molar-refractivity contribution is -0.135. The highest BCUT2D eigenvalue weighted by molar-refractivity contribution is 5.90. The van der Waals surface area contributed by atoms with E-state index in [1.807, 2.05) is 79.3 Å². The molecule has 0 aliphatic carbocycles. The molecule has 2 atom stereocenters. The van der Waals surface area contributed by atoms with Gasteiger partial charge in [-0.1, -0.05) is 44.2 Å². The Labute approximate surface area is 193 Å². The molecule has 0 saturated heterocycles. The number of urea groups is 1. The van der Waals surface area contributed by atoms with Gasteiger partial charge in [0.1, 0.15) is 0 Å². The average Bonchev–Trinajstić information content (AvgIpc) is 2.78. The molecular formula is C26H38N4O2. The van der Waals surface area contributed by atoms with Gasteiger partial charge in [-0.25, -0.2) is 4.79 Å². The van der Waals surface area contributed by atoms with Crippen molar-refractivity contribution >= 4 is 23.3 Å². The SMILES string of the molecule is CCNC(=O)Nc1ccc(N(C)C)c(CN(C(=O)[C@H](CC)c2ccccc2)[C@@H](C)CC)c1. The van der Waals surface area contributed by atoms with Gasteiger partial charge in [-0.05, 0) is 56.0 Å². The summed E-state index contributed by atoms with van der Waals surface area (Å²) in [5, 5.41) is 5.64. The molecule has 6 nitrogen and oxygen atoms in total. The van der Waals surface area contributed by atoms with Crippen LogP contribution >= 0.6 is 0 Å². The molecule has 174 valence electrons. The molecule has 0 aliphatic rings. The van der Waals surface area contributed by atoms with Gasteiger partial charge in [0.05, 0.1) is 5.92 Å². The van der Waals surface area contributed by atoms with E-state index in [0.29, 0.717) is 18.8 Å². The van der Waals surface area contributed by atoms with Gasteiger partial charge in [-0.15, -0.1) is 0 Å². The van der Waals surface area contributed by atoms with Crippen molar-refractivity contribution in [2.75, 3.05) is 30.9 Å². The fourth-order valence-electron chi connectivity index (χ4n) is 3.86. The molecule has 3 amide bonds. The third kappa shape index (κ3) is 6.49. The summed E-state index contributed by atoms with van der Waals surface area (Å²) in [5.41, 5.74) is 3.79. The highest BCUT2D eigenvalue weighted by Gasteiger charge is 2.28. The topological polar surface area (TPSA) is 64.7 Å². The lowest BCUT2D eigenvalue weighted by Crippen LogP contribution is -2.41. The first-order valence-electron chi connectivity index (χ1n) is 11.5. The summed E-state index contributed by atoms with van der Waals surface area (Å²) in [6, 6.07) is 15.7. The molecule has 32 heavy (non-hydrogen) atoms. The van der Waals surface area contributed by atoms with Crippen LogP contribution in [0.1, 0.15) is 57.6 Å². The first kappa shape index (κ1) is 25.2. The average molecular weight is 439 g/mol. The first-order chi connectivity index (χ1) is 15.3. The standard InChI is InChI=1S/C26H38N4O2/c1-7-19(4)30(25(31)23(8-2)20-13-11-10-12-14-20)18-21-17-22(28-26(32)27-9-3)15-16-24(21)29(5)6/h10-17,19,23H,7-9,18H2,1-6H3,(H2,27,28,32)/t19-,23+/m0/s1. The van der Waals surface area contributed by atoms with Crippen molar-refractivity contribution in [3.63, 3.8) is 0 Å². The van der Waals surface area contributed by atoms with E-state index in [9.17, 15) is 9.59 Å². The maximum Gasteiger partial charge on any atom is 0.319 e. The third-order valence-corrected chi connectivity index (χ3v) is 5.81. The van der Waals surface area contributed by atoms with Crippen molar-refractivity contribution in [1.29, 1.82) is 0 Å². The van der Waals surface area contributed by atoms with Gasteiger partial charge < -0.3 is 20.4 Å². The van der Waals surface area contributed by atoms with Gasteiger partial charge in [0, 0.05) is 44.6 Å². The summed E-state index contributed by atoms with van der Waals surface area (Å²) in [6.45, 7) is 9.19. The molecule has 0 aromatic heterocycles. The monoisotopic (exact) mass is 438 g/mol. The van der Waals surface area contributed by atoms with Crippen LogP contribution < -0.4 is 15.5 Å². The largest absolute Gasteiger partial charge is 0.377 e. The summed E-state index contributed by atoms with van der Waals surface area (Å²) < 4.78 is 0. The number of carbonyl (C=O) groups is 2. The van der Waals surface area contributed by atoms with Crippen molar-refractivity contribution in [3.8, 4) is 0 Å². The molecule has 6 heteroatoms. The Balaban J connectivity index is 2.40. The Morgan fingerprint density at radius 2 is 1.66 bits per heavy atom. The fourth-order valence-corrected chi connectivity index (χ4v) is 3.86. The lowest BCUT2D eigenvalue weighted by Gasteiger charge is -2.33. The van der Waals surface area contributed by atoms with Crippen LogP contribution in [-0.4, -0.2) is 43.5 Å². The molecule has 2 aromatic carbocycles. The zero-order chi connectivity index (χ0) is 23.7. The summed E-state index contributed by atoms with van der Waals surface area (Å²) in [4.78, 5) is 29.8. The van der Waals surface area contributed by atoms with Gasteiger partial charge in [0.15, 0.2) is 0 Å². The minimum absolute atomic E-state index is 0.0929. The first-order valence-corrected chi connectivity index (χ1v) is 11.5. The molecule has 2 aromatic rings. The maximum absolute atomic E-state index is 13.7. The molecule has 0 saturated carbocycles. The molecule has 0 spiro atoms. The minimum Gasteiger partial charge on any atom is -0.377 e. The van der Waals surface area contributed by atoms with E-state index in [0.717, 1.165) is 29.7 Å². The maximum atomic E-state index is 13.7. The number of benzene rings is 2.